The minimum atomic E-state index is -2.53. The van der Waals surface area contributed by atoms with Gasteiger partial charge in [0.05, 0.1) is 59.7 Å². The number of methoxy groups -OCH3 is 2. The van der Waals surface area contributed by atoms with Crippen LogP contribution in [0.15, 0.2) is 91.0 Å². The quantitative estimate of drug-likeness (QED) is 0.167. The number of benzene rings is 4. The first-order chi connectivity index (χ1) is 26.5. The topological polar surface area (TPSA) is 109 Å². The van der Waals surface area contributed by atoms with Gasteiger partial charge in [-0.05, 0) is 71.1 Å². The molecule has 0 saturated carbocycles. The SMILES string of the molecule is COc1ccc([Si](C)(C)[C@@H]2[C@@H](CC(=O)N3Cc4ccccc4C[C@H]3CO)O[C@]3(C(=O)N(Cc4cccc(N5CCC5=O)c4)c4ccc(OC)cc43)[C@H]2C)cc1. The molecule has 2 fully saturated rings. The third-order valence-corrected chi connectivity index (χ3v) is 17.1. The molecule has 5 atom stereocenters. The van der Waals surface area contributed by atoms with Gasteiger partial charge >= 0.3 is 0 Å². The fourth-order valence-electron chi connectivity index (χ4n) is 9.70. The Morgan fingerprint density at radius 1 is 0.927 bits per heavy atom. The van der Waals surface area contributed by atoms with Gasteiger partial charge < -0.3 is 34.0 Å². The molecular weight excluding hydrogens is 711 g/mol. The molecule has 4 aliphatic heterocycles. The van der Waals surface area contributed by atoms with Gasteiger partial charge in [-0.15, -0.1) is 0 Å². The highest BCUT2D eigenvalue weighted by atomic mass is 28.3. The van der Waals surface area contributed by atoms with Crippen molar-refractivity contribution in [1.29, 1.82) is 0 Å². The van der Waals surface area contributed by atoms with E-state index in [4.69, 9.17) is 14.2 Å². The maximum atomic E-state index is 15.4. The van der Waals surface area contributed by atoms with Crippen molar-refractivity contribution in [3.05, 3.63) is 113 Å². The second-order valence-corrected chi connectivity index (χ2v) is 20.6. The van der Waals surface area contributed by atoms with E-state index >= 15 is 4.79 Å². The van der Waals surface area contributed by atoms with Gasteiger partial charge in [0.25, 0.3) is 5.91 Å². The molecule has 55 heavy (non-hydrogen) atoms. The third-order valence-electron chi connectivity index (χ3n) is 12.7. The molecule has 0 aromatic heterocycles. The Balaban J connectivity index is 1.20. The molecule has 1 N–H and O–H groups in total. The Morgan fingerprint density at radius 2 is 1.65 bits per heavy atom. The van der Waals surface area contributed by atoms with Crippen LogP contribution in [0.3, 0.4) is 0 Å². The number of hydrogen-bond acceptors (Lipinski definition) is 7. The third kappa shape index (κ3) is 6.13. The predicted octanol–water partition coefficient (Wildman–Crippen LogP) is 5.54. The van der Waals surface area contributed by atoms with Crippen LogP contribution in [0.5, 0.6) is 11.5 Å². The molecule has 10 nitrogen and oxygen atoms in total. The maximum Gasteiger partial charge on any atom is 0.264 e. The molecule has 4 heterocycles. The van der Waals surface area contributed by atoms with Crippen molar-refractivity contribution in [2.45, 2.75) is 75.7 Å². The number of amides is 3. The van der Waals surface area contributed by atoms with Crippen LogP contribution in [0.25, 0.3) is 0 Å². The summed E-state index contributed by atoms with van der Waals surface area (Å²) in [4.78, 5) is 47.6. The van der Waals surface area contributed by atoms with Crippen LogP contribution in [0, 0.1) is 5.92 Å². The number of aliphatic hydroxyl groups excluding tert-OH is 1. The monoisotopic (exact) mass is 759 g/mol. The van der Waals surface area contributed by atoms with Crippen LogP contribution in [-0.4, -0.2) is 75.3 Å². The van der Waals surface area contributed by atoms with E-state index < -0.39 is 19.8 Å². The molecule has 8 rings (SSSR count). The number of hydrogen-bond donors (Lipinski definition) is 1. The Kier molecular flexibility index (Phi) is 9.59. The zero-order valence-corrected chi connectivity index (χ0v) is 33.2. The molecule has 3 amide bonds. The highest BCUT2D eigenvalue weighted by Crippen LogP contribution is 2.60. The van der Waals surface area contributed by atoms with Crippen molar-refractivity contribution in [3.63, 3.8) is 0 Å². The number of aliphatic hydroxyl groups is 1. The molecule has 4 aromatic carbocycles. The van der Waals surface area contributed by atoms with Crippen LogP contribution in [0.1, 0.15) is 42.0 Å². The number of anilines is 2. The van der Waals surface area contributed by atoms with Gasteiger partial charge in [0, 0.05) is 36.7 Å². The molecule has 0 aliphatic carbocycles. The van der Waals surface area contributed by atoms with Crippen molar-refractivity contribution in [1.82, 2.24) is 4.90 Å². The Bertz CT molecular complexity index is 2140. The highest BCUT2D eigenvalue weighted by Gasteiger charge is 2.66. The fraction of sp³-hybridized carbons (Fsp3) is 0.386. The zero-order valence-electron chi connectivity index (χ0n) is 32.2. The molecule has 0 bridgehead atoms. The van der Waals surface area contributed by atoms with E-state index in [1.165, 1.54) is 5.19 Å². The Labute approximate surface area is 323 Å². The summed E-state index contributed by atoms with van der Waals surface area (Å²) in [7, 11) is 0.731. The van der Waals surface area contributed by atoms with E-state index in [1.54, 1.807) is 28.9 Å². The maximum absolute atomic E-state index is 15.4. The highest BCUT2D eigenvalue weighted by molar-refractivity contribution is 6.91. The normalized spacial score (nSPS) is 24.5. The van der Waals surface area contributed by atoms with Crippen molar-refractivity contribution < 1.29 is 33.7 Å². The lowest BCUT2D eigenvalue weighted by Crippen LogP contribution is -2.52. The summed E-state index contributed by atoms with van der Waals surface area (Å²) in [5.74, 6) is 0.873. The predicted molar refractivity (Wildman–Crippen MR) is 213 cm³/mol. The standard InChI is InChI=1S/C44H49N3O7Si/c1-28-42(55(4,5)36-16-13-34(52-2)14-17-36)39(24-41(50)46-26-31-11-7-6-10-30(31)22-33(46)27-48)54-44(28)37-23-35(53-3)15-18-38(37)47(43(44)51)25-29-9-8-12-32(21-29)45-20-19-40(45)49/h6-18,21,23,28,33,39,42,48H,19-20,22,24-27H2,1-5H3/t28-,33-,39+,42-,44+/m0/s1. The van der Waals surface area contributed by atoms with Gasteiger partial charge in [0.15, 0.2) is 5.60 Å². The van der Waals surface area contributed by atoms with E-state index in [0.717, 1.165) is 39.4 Å². The minimum Gasteiger partial charge on any atom is -0.497 e. The largest absolute Gasteiger partial charge is 0.497 e. The molecule has 286 valence electrons. The minimum absolute atomic E-state index is 0.0699. The second kappa shape index (κ2) is 14.3. The van der Waals surface area contributed by atoms with Gasteiger partial charge in [-0.1, -0.05) is 73.7 Å². The lowest BCUT2D eigenvalue weighted by atomic mass is 9.82. The van der Waals surface area contributed by atoms with Gasteiger partial charge in [0.1, 0.15) is 11.5 Å². The summed E-state index contributed by atoms with van der Waals surface area (Å²) < 4.78 is 18.5. The summed E-state index contributed by atoms with van der Waals surface area (Å²) in [6.45, 7) is 7.94. The van der Waals surface area contributed by atoms with Gasteiger partial charge in [-0.3, -0.25) is 14.4 Å². The first-order valence-corrected chi connectivity index (χ1v) is 22.3. The number of nitrogens with zero attached hydrogens (tertiary/aromatic N) is 3. The number of carbonyl (C=O) groups excluding carboxylic acids is 3. The molecule has 4 aromatic rings. The molecule has 1 spiro atoms. The smallest absolute Gasteiger partial charge is 0.264 e. The summed E-state index contributed by atoms with van der Waals surface area (Å²) in [6, 6.07) is 29.4. The summed E-state index contributed by atoms with van der Waals surface area (Å²) >= 11 is 0. The first-order valence-electron chi connectivity index (χ1n) is 19.2. The van der Waals surface area contributed by atoms with E-state index in [0.29, 0.717) is 31.7 Å². The molecule has 2 saturated heterocycles. The first kappa shape index (κ1) is 37.0. The number of ether oxygens (including phenoxy) is 3. The van der Waals surface area contributed by atoms with Gasteiger partial charge in [0.2, 0.25) is 11.8 Å². The number of fused-ring (bicyclic) bond motifs is 3. The molecule has 4 aliphatic rings. The number of carbonyl (C=O) groups is 3. The summed E-state index contributed by atoms with van der Waals surface area (Å²) in [6.07, 6.45) is 0.592. The Hall–Kier alpha value is -4.97. The Morgan fingerprint density at radius 3 is 2.33 bits per heavy atom. The lowest BCUT2D eigenvalue weighted by molar-refractivity contribution is -0.151. The molecular formula is C44H49N3O7Si. The van der Waals surface area contributed by atoms with Crippen molar-refractivity contribution in [2.75, 3.05) is 37.2 Å². The lowest BCUT2D eigenvalue weighted by Gasteiger charge is -2.39. The molecule has 11 heteroatoms. The van der Waals surface area contributed by atoms with Crippen molar-refractivity contribution >= 4 is 42.4 Å². The average molecular weight is 760 g/mol. The molecule has 0 unspecified atom stereocenters. The van der Waals surface area contributed by atoms with E-state index in [1.807, 2.05) is 72.8 Å². The summed E-state index contributed by atoms with van der Waals surface area (Å²) in [5, 5.41) is 11.7. The average Bonchev–Trinajstić information content (AvgIpc) is 3.62. The van der Waals surface area contributed by atoms with Crippen LogP contribution in [0.4, 0.5) is 11.4 Å². The van der Waals surface area contributed by atoms with E-state index in [2.05, 4.69) is 38.2 Å². The van der Waals surface area contributed by atoms with Crippen LogP contribution >= 0.6 is 0 Å². The fourth-order valence-corrected chi connectivity index (χ4v) is 13.7. The van der Waals surface area contributed by atoms with Crippen molar-refractivity contribution in [2.24, 2.45) is 5.92 Å². The van der Waals surface area contributed by atoms with Crippen LogP contribution in [-0.2, 0) is 44.2 Å². The van der Waals surface area contributed by atoms with E-state index in [9.17, 15) is 14.7 Å². The molecule has 0 radical (unpaired) electrons. The number of rotatable bonds is 10. The zero-order chi connectivity index (χ0) is 38.6. The van der Waals surface area contributed by atoms with Gasteiger partial charge in [-0.25, -0.2) is 0 Å². The summed E-state index contributed by atoms with van der Waals surface area (Å²) in [5.41, 5.74) is 3.88. The van der Waals surface area contributed by atoms with E-state index in [-0.39, 0.29) is 54.8 Å². The van der Waals surface area contributed by atoms with Gasteiger partial charge in [-0.2, -0.15) is 0 Å². The van der Waals surface area contributed by atoms with Crippen LogP contribution in [0.2, 0.25) is 18.6 Å². The van der Waals surface area contributed by atoms with Crippen molar-refractivity contribution in [3.8, 4) is 11.5 Å². The van der Waals surface area contributed by atoms with Crippen LogP contribution < -0.4 is 24.5 Å². The number of β-lactam (4-membered cyclic amide) rings is 1. The second-order valence-electron chi connectivity index (χ2n) is 15.9.